The molecule has 3 amide bonds. The second-order valence-corrected chi connectivity index (χ2v) is 6.61. The van der Waals surface area contributed by atoms with Gasteiger partial charge in [0.2, 0.25) is 5.91 Å². The van der Waals surface area contributed by atoms with Crippen molar-refractivity contribution in [2.75, 3.05) is 38.1 Å². The van der Waals surface area contributed by atoms with E-state index in [0.717, 1.165) is 0 Å². The van der Waals surface area contributed by atoms with E-state index in [1.807, 2.05) is 0 Å². The van der Waals surface area contributed by atoms with Gasteiger partial charge in [0.15, 0.2) is 11.5 Å². The van der Waals surface area contributed by atoms with E-state index in [9.17, 15) is 14.4 Å². The first kappa shape index (κ1) is 21.0. The third-order valence-electron chi connectivity index (χ3n) is 4.70. The predicted molar refractivity (Wildman–Crippen MR) is 110 cm³/mol. The molecule has 2 aromatic carbocycles. The van der Waals surface area contributed by atoms with Crippen LogP contribution in [0.1, 0.15) is 16.8 Å². The van der Waals surface area contributed by atoms with Crippen molar-refractivity contribution in [2.24, 2.45) is 0 Å². The summed E-state index contributed by atoms with van der Waals surface area (Å²) >= 11 is 0. The van der Waals surface area contributed by atoms with E-state index < -0.39 is 12.0 Å². The number of carbonyl (C=O) groups excluding carboxylic acids is 3. The number of rotatable bonds is 6. The van der Waals surface area contributed by atoms with Crippen LogP contribution in [0.4, 0.5) is 16.2 Å². The molecule has 1 heterocycles. The third kappa shape index (κ3) is 4.62. The topological polar surface area (TPSA) is 106 Å². The number of hydrogen-bond donors (Lipinski definition) is 2. The monoisotopic (exact) mass is 413 g/mol. The van der Waals surface area contributed by atoms with Crippen molar-refractivity contribution in [1.82, 2.24) is 5.32 Å². The molecule has 9 heteroatoms. The second kappa shape index (κ2) is 9.17. The van der Waals surface area contributed by atoms with Crippen molar-refractivity contribution in [3.63, 3.8) is 0 Å². The zero-order chi connectivity index (χ0) is 21.7. The van der Waals surface area contributed by atoms with Crippen molar-refractivity contribution in [2.45, 2.75) is 12.5 Å². The van der Waals surface area contributed by atoms with Gasteiger partial charge in [-0.3, -0.25) is 4.79 Å². The van der Waals surface area contributed by atoms with E-state index in [1.54, 1.807) is 54.5 Å². The van der Waals surface area contributed by atoms with Gasteiger partial charge in [-0.15, -0.1) is 0 Å². The number of nitrogens with one attached hydrogen (secondary N) is 2. The number of nitrogens with zero attached hydrogens (tertiary/aromatic N) is 1. The predicted octanol–water partition coefficient (Wildman–Crippen LogP) is 2.42. The van der Waals surface area contributed by atoms with Gasteiger partial charge in [0.25, 0.3) is 0 Å². The van der Waals surface area contributed by atoms with Crippen LogP contribution in [0.15, 0.2) is 42.5 Å². The molecule has 1 aliphatic heterocycles. The van der Waals surface area contributed by atoms with Crippen LogP contribution >= 0.6 is 0 Å². The number of anilines is 2. The van der Waals surface area contributed by atoms with Crippen LogP contribution in [0.2, 0.25) is 0 Å². The molecule has 0 unspecified atom stereocenters. The molecule has 9 nitrogen and oxygen atoms in total. The van der Waals surface area contributed by atoms with Crippen molar-refractivity contribution < 1.29 is 28.6 Å². The van der Waals surface area contributed by atoms with Crippen molar-refractivity contribution in [3.05, 3.63) is 48.0 Å². The smallest absolute Gasteiger partial charge is 0.337 e. The largest absolute Gasteiger partial charge is 0.493 e. The van der Waals surface area contributed by atoms with Gasteiger partial charge in [-0.25, -0.2) is 9.59 Å². The highest BCUT2D eigenvalue weighted by molar-refractivity contribution is 5.98. The first-order valence-electron chi connectivity index (χ1n) is 9.23. The zero-order valence-corrected chi connectivity index (χ0v) is 16.9. The van der Waals surface area contributed by atoms with Gasteiger partial charge < -0.3 is 29.7 Å². The van der Waals surface area contributed by atoms with Crippen LogP contribution < -0.4 is 25.0 Å². The first-order chi connectivity index (χ1) is 14.4. The maximum absolute atomic E-state index is 12.4. The number of benzene rings is 2. The minimum absolute atomic E-state index is 0.102. The summed E-state index contributed by atoms with van der Waals surface area (Å²) < 4.78 is 15.1. The normalized spacial score (nSPS) is 15.5. The fraction of sp³-hybridized carbons (Fsp3) is 0.286. The molecule has 1 saturated heterocycles. The van der Waals surface area contributed by atoms with Crippen LogP contribution in [-0.2, 0) is 9.53 Å². The molecule has 0 aromatic heterocycles. The number of carbonyl (C=O) groups is 3. The molecule has 2 aromatic rings. The Morgan fingerprint density at radius 2 is 1.70 bits per heavy atom. The molecule has 1 fully saturated rings. The van der Waals surface area contributed by atoms with E-state index >= 15 is 0 Å². The summed E-state index contributed by atoms with van der Waals surface area (Å²) in [5.41, 5.74) is 1.57. The first-order valence-corrected chi connectivity index (χ1v) is 9.23. The lowest BCUT2D eigenvalue weighted by Gasteiger charge is -2.19. The molecule has 0 radical (unpaired) electrons. The molecule has 158 valence electrons. The molecule has 1 atom stereocenters. The molecule has 0 aliphatic carbocycles. The van der Waals surface area contributed by atoms with Crippen LogP contribution in [0.5, 0.6) is 11.5 Å². The Morgan fingerprint density at radius 1 is 1.00 bits per heavy atom. The minimum atomic E-state index is -0.453. The van der Waals surface area contributed by atoms with E-state index in [0.29, 0.717) is 35.0 Å². The van der Waals surface area contributed by atoms with Crippen molar-refractivity contribution in [3.8, 4) is 11.5 Å². The van der Waals surface area contributed by atoms with E-state index in [4.69, 9.17) is 9.47 Å². The fourth-order valence-corrected chi connectivity index (χ4v) is 3.21. The molecule has 1 aliphatic rings. The SMILES string of the molecule is COC(=O)c1ccc(NC(=O)N[C@H]2CC(=O)N(c3ccc(OC)c(OC)c3)C2)cc1. The highest BCUT2D eigenvalue weighted by atomic mass is 16.5. The number of urea groups is 1. The second-order valence-electron chi connectivity index (χ2n) is 6.61. The molecule has 3 rings (SSSR count). The standard InChI is InChI=1S/C21H23N3O6/c1-28-17-9-8-16(11-18(17)29-2)24-12-15(10-19(24)25)23-21(27)22-14-6-4-13(5-7-14)20(26)30-3/h4-9,11,15H,10,12H2,1-3H3,(H2,22,23,27)/t15-/m0/s1. The Labute approximate surface area is 173 Å². The minimum Gasteiger partial charge on any atom is -0.493 e. The average molecular weight is 413 g/mol. The summed E-state index contributed by atoms with van der Waals surface area (Å²) in [7, 11) is 4.37. The maximum atomic E-state index is 12.4. The summed E-state index contributed by atoms with van der Waals surface area (Å²) in [6.45, 7) is 0.336. The molecular formula is C21H23N3O6. The van der Waals surface area contributed by atoms with Gasteiger partial charge in [-0.2, -0.15) is 0 Å². The summed E-state index contributed by atoms with van der Waals surface area (Å²) in [5, 5.41) is 5.48. The van der Waals surface area contributed by atoms with Crippen molar-refractivity contribution >= 4 is 29.3 Å². The summed E-state index contributed by atoms with van der Waals surface area (Å²) in [4.78, 5) is 37.8. The van der Waals surface area contributed by atoms with E-state index in [2.05, 4.69) is 15.4 Å². The number of methoxy groups -OCH3 is 3. The Kier molecular flexibility index (Phi) is 6.41. The van der Waals surface area contributed by atoms with Gasteiger partial charge in [0.05, 0.1) is 32.9 Å². The van der Waals surface area contributed by atoms with Gasteiger partial charge in [0.1, 0.15) is 0 Å². The summed E-state index contributed by atoms with van der Waals surface area (Å²) in [6.07, 6.45) is 0.184. The number of hydrogen-bond acceptors (Lipinski definition) is 6. The Hall–Kier alpha value is -3.75. The molecule has 0 bridgehead atoms. The van der Waals surface area contributed by atoms with Gasteiger partial charge in [0, 0.05) is 30.4 Å². The van der Waals surface area contributed by atoms with E-state index in [1.165, 1.54) is 14.2 Å². The number of amides is 3. The lowest BCUT2D eigenvalue weighted by molar-refractivity contribution is -0.117. The third-order valence-corrected chi connectivity index (χ3v) is 4.70. The quantitative estimate of drug-likeness (QED) is 0.705. The lowest BCUT2D eigenvalue weighted by atomic mass is 10.2. The molecule has 0 spiro atoms. The Balaban J connectivity index is 1.60. The summed E-state index contributed by atoms with van der Waals surface area (Å²) in [6, 6.07) is 10.7. The fourth-order valence-electron chi connectivity index (χ4n) is 3.21. The Morgan fingerprint density at radius 3 is 2.33 bits per heavy atom. The van der Waals surface area contributed by atoms with Gasteiger partial charge in [-0.05, 0) is 36.4 Å². The molecular weight excluding hydrogens is 390 g/mol. The highest BCUT2D eigenvalue weighted by Crippen LogP contribution is 2.33. The average Bonchev–Trinajstić information content (AvgIpc) is 3.12. The van der Waals surface area contributed by atoms with Crippen LogP contribution in [0.25, 0.3) is 0 Å². The van der Waals surface area contributed by atoms with Crippen LogP contribution in [0.3, 0.4) is 0 Å². The van der Waals surface area contributed by atoms with E-state index in [-0.39, 0.29) is 18.4 Å². The molecule has 2 N–H and O–H groups in total. The molecule has 0 saturated carbocycles. The number of ether oxygens (including phenoxy) is 3. The van der Waals surface area contributed by atoms with Crippen LogP contribution in [-0.4, -0.2) is 51.8 Å². The van der Waals surface area contributed by atoms with Gasteiger partial charge >= 0.3 is 12.0 Å². The Bertz CT molecular complexity index is 944. The van der Waals surface area contributed by atoms with Crippen molar-refractivity contribution in [1.29, 1.82) is 0 Å². The zero-order valence-electron chi connectivity index (χ0n) is 16.9. The molecule has 30 heavy (non-hydrogen) atoms. The highest BCUT2D eigenvalue weighted by Gasteiger charge is 2.32. The lowest BCUT2D eigenvalue weighted by Crippen LogP contribution is -2.39. The maximum Gasteiger partial charge on any atom is 0.337 e. The van der Waals surface area contributed by atoms with Gasteiger partial charge in [-0.1, -0.05) is 0 Å². The number of esters is 1. The summed E-state index contributed by atoms with van der Waals surface area (Å²) in [5.74, 6) is 0.535. The van der Waals surface area contributed by atoms with Crippen LogP contribution in [0, 0.1) is 0 Å².